The van der Waals surface area contributed by atoms with Crippen LogP contribution in [-0.4, -0.2) is 28.0 Å². The maximum atomic E-state index is 12.0. The van der Waals surface area contributed by atoms with Gasteiger partial charge < -0.3 is 5.32 Å². The molecule has 2 aromatic heterocycles. The number of benzene rings is 1. The molecule has 0 spiro atoms. The van der Waals surface area contributed by atoms with E-state index in [9.17, 15) is 9.59 Å². The molecule has 0 aliphatic heterocycles. The van der Waals surface area contributed by atoms with Crippen LogP contribution in [0.1, 0.15) is 28.1 Å². The Balaban J connectivity index is 1.39. The SMILES string of the molecule is O=C(CCC(=O)c1ccc(Cl)s1)NCCc1ccc(-n2cccn2)cc1. The van der Waals surface area contributed by atoms with E-state index in [1.807, 2.05) is 36.5 Å². The Labute approximate surface area is 160 Å². The zero-order valence-corrected chi connectivity index (χ0v) is 15.6. The number of rotatable bonds is 8. The van der Waals surface area contributed by atoms with Crippen molar-refractivity contribution in [3.63, 3.8) is 0 Å². The quantitative estimate of drug-likeness (QED) is 0.596. The lowest BCUT2D eigenvalue weighted by Crippen LogP contribution is -2.26. The van der Waals surface area contributed by atoms with Crippen molar-refractivity contribution in [3.8, 4) is 5.69 Å². The molecule has 0 aliphatic carbocycles. The van der Waals surface area contributed by atoms with Crippen LogP contribution in [0.25, 0.3) is 5.69 Å². The molecule has 2 heterocycles. The zero-order valence-electron chi connectivity index (χ0n) is 14.0. The van der Waals surface area contributed by atoms with Crippen LogP contribution in [0.3, 0.4) is 0 Å². The van der Waals surface area contributed by atoms with Gasteiger partial charge in [0.05, 0.1) is 14.9 Å². The molecule has 134 valence electrons. The molecule has 0 saturated heterocycles. The molecule has 0 saturated carbocycles. The van der Waals surface area contributed by atoms with Crippen molar-refractivity contribution in [2.45, 2.75) is 19.3 Å². The number of nitrogens with zero attached hydrogens (tertiary/aromatic N) is 2. The van der Waals surface area contributed by atoms with Gasteiger partial charge in [0, 0.05) is 31.8 Å². The molecule has 0 atom stereocenters. The predicted molar refractivity (Wildman–Crippen MR) is 103 cm³/mol. The molecule has 0 aliphatic rings. The average molecular weight is 388 g/mol. The summed E-state index contributed by atoms with van der Waals surface area (Å²) < 4.78 is 2.37. The van der Waals surface area contributed by atoms with Gasteiger partial charge in [0.2, 0.25) is 5.91 Å². The van der Waals surface area contributed by atoms with E-state index >= 15 is 0 Å². The first-order valence-electron chi connectivity index (χ1n) is 8.26. The topological polar surface area (TPSA) is 64.0 Å². The van der Waals surface area contributed by atoms with Crippen LogP contribution < -0.4 is 5.32 Å². The Morgan fingerprint density at radius 2 is 1.92 bits per heavy atom. The van der Waals surface area contributed by atoms with Gasteiger partial charge in [0.1, 0.15) is 0 Å². The number of carbonyl (C=O) groups is 2. The summed E-state index contributed by atoms with van der Waals surface area (Å²) in [5.41, 5.74) is 2.13. The summed E-state index contributed by atoms with van der Waals surface area (Å²) in [6.07, 6.45) is 4.75. The van der Waals surface area contributed by atoms with Crippen LogP contribution in [0.5, 0.6) is 0 Å². The highest BCUT2D eigenvalue weighted by molar-refractivity contribution is 7.18. The normalized spacial score (nSPS) is 10.7. The number of halogens is 1. The van der Waals surface area contributed by atoms with Crippen LogP contribution in [0.15, 0.2) is 54.9 Å². The number of hydrogen-bond donors (Lipinski definition) is 1. The fraction of sp³-hybridized carbons (Fsp3) is 0.211. The lowest BCUT2D eigenvalue weighted by molar-refractivity contribution is -0.121. The number of amides is 1. The lowest BCUT2D eigenvalue weighted by Gasteiger charge is -2.06. The molecular formula is C19H18ClN3O2S. The van der Waals surface area contributed by atoms with E-state index in [4.69, 9.17) is 11.6 Å². The minimum absolute atomic E-state index is 0.0498. The third-order valence-electron chi connectivity index (χ3n) is 3.87. The van der Waals surface area contributed by atoms with E-state index in [1.54, 1.807) is 23.0 Å². The first-order chi connectivity index (χ1) is 12.6. The molecule has 3 aromatic rings. The van der Waals surface area contributed by atoms with Gasteiger partial charge in [0.15, 0.2) is 5.78 Å². The maximum Gasteiger partial charge on any atom is 0.220 e. The molecular weight excluding hydrogens is 370 g/mol. The number of Topliss-reactive ketones (excluding diaryl/α,β-unsaturated/α-hetero) is 1. The number of ketones is 1. The first-order valence-corrected chi connectivity index (χ1v) is 9.45. The van der Waals surface area contributed by atoms with Gasteiger partial charge in [-0.1, -0.05) is 23.7 Å². The Bertz CT molecular complexity index is 873. The van der Waals surface area contributed by atoms with Crippen molar-refractivity contribution in [3.05, 3.63) is 69.6 Å². The minimum atomic E-state index is -0.117. The Morgan fingerprint density at radius 1 is 1.12 bits per heavy atom. The van der Waals surface area contributed by atoms with E-state index in [1.165, 1.54) is 11.3 Å². The highest BCUT2D eigenvalue weighted by Crippen LogP contribution is 2.22. The molecule has 26 heavy (non-hydrogen) atoms. The van der Waals surface area contributed by atoms with Crippen molar-refractivity contribution in [2.75, 3.05) is 6.54 Å². The third kappa shape index (κ3) is 5.03. The van der Waals surface area contributed by atoms with Crippen LogP contribution in [0.4, 0.5) is 0 Å². The Kier molecular flexibility index (Phi) is 6.20. The minimum Gasteiger partial charge on any atom is -0.356 e. The summed E-state index contributed by atoms with van der Waals surface area (Å²) in [5.74, 6) is -0.166. The smallest absolute Gasteiger partial charge is 0.220 e. The average Bonchev–Trinajstić information content (AvgIpc) is 3.32. The fourth-order valence-electron chi connectivity index (χ4n) is 2.49. The van der Waals surface area contributed by atoms with Crippen LogP contribution in [0.2, 0.25) is 4.34 Å². The van der Waals surface area contributed by atoms with E-state index in [0.717, 1.165) is 17.7 Å². The molecule has 0 fully saturated rings. The highest BCUT2D eigenvalue weighted by Gasteiger charge is 2.11. The molecule has 3 rings (SSSR count). The molecule has 1 amide bonds. The second-order valence-corrected chi connectivity index (χ2v) is 7.46. The third-order valence-corrected chi connectivity index (χ3v) is 5.14. The van der Waals surface area contributed by atoms with Crippen molar-refractivity contribution in [2.24, 2.45) is 0 Å². The summed E-state index contributed by atoms with van der Waals surface area (Å²) in [6.45, 7) is 0.541. The number of hydrogen-bond acceptors (Lipinski definition) is 4. The zero-order chi connectivity index (χ0) is 18.4. The van der Waals surface area contributed by atoms with E-state index in [-0.39, 0.29) is 24.5 Å². The first kappa shape index (κ1) is 18.4. The van der Waals surface area contributed by atoms with Gasteiger partial charge in [-0.15, -0.1) is 11.3 Å². The van der Waals surface area contributed by atoms with Crippen LogP contribution in [0, 0.1) is 0 Å². The number of nitrogens with one attached hydrogen (secondary N) is 1. The van der Waals surface area contributed by atoms with Gasteiger partial charge in [-0.3, -0.25) is 9.59 Å². The molecule has 1 aromatic carbocycles. The largest absolute Gasteiger partial charge is 0.356 e. The van der Waals surface area contributed by atoms with Crippen molar-refractivity contribution in [1.82, 2.24) is 15.1 Å². The van der Waals surface area contributed by atoms with Crippen molar-refractivity contribution < 1.29 is 9.59 Å². The molecule has 0 radical (unpaired) electrons. The standard InChI is InChI=1S/C19H18ClN3O2S/c20-18-8-7-17(26-18)16(24)6-9-19(25)21-12-10-14-2-4-15(5-3-14)23-13-1-11-22-23/h1-5,7-8,11,13H,6,9-10,12H2,(H,21,25). The van der Waals surface area contributed by atoms with E-state index < -0.39 is 0 Å². The lowest BCUT2D eigenvalue weighted by atomic mass is 10.1. The van der Waals surface area contributed by atoms with E-state index in [0.29, 0.717) is 15.8 Å². The summed E-state index contributed by atoms with van der Waals surface area (Å²) in [4.78, 5) is 24.4. The predicted octanol–water partition coefficient (Wildman–Crippen LogP) is 3.91. The van der Waals surface area contributed by atoms with Crippen molar-refractivity contribution >= 4 is 34.6 Å². The van der Waals surface area contributed by atoms with Gasteiger partial charge in [-0.05, 0) is 42.3 Å². The second kappa shape index (κ2) is 8.78. The summed E-state index contributed by atoms with van der Waals surface area (Å²) in [7, 11) is 0. The Hall–Kier alpha value is -2.44. The maximum absolute atomic E-state index is 12.0. The summed E-state index contributed by atoms with van der Waals surface area (Å²) >= 11 is 7.06. The number of carbonyl (C=O) groups excluding carboxylic acids is 2. The van der Waals surface area contributed by atoms with Gasteiger partial charge >= 0.3 is 0 Å². The van der Waals surface area contributed by atoms with Gasteiger partial charge in [-0.25, -0.2) is 4.68 Å². The van der Waals surface area contributed by atoms with Crippen molar-refractivity contribution in [1.29, 1.82) is 0 Å². The van der Waals surface area contributed by atoms with E-state index in [2.05, 4.69) is 10.4 Å². The summed E-state index contributed by atoms with van der Waals surface area (Å²) in [5, 5.41) is 7.04. The monoisotopic (exact) mass is 387 g/mol. The van der Waals surface area contributed by atoms with Gasteiger partial charge in [0.25, 0.3) is 0 Å². The van der Waals surface area contributed by atoms with Gasteiger partial charge in [-0.2, -0.15) is 5.10 Å². The molecule has 1 N–H and O–H groups in total. The fourth-order valence-corrected chi connectivity index (χ4v) is 3.50. The molecule has 5 nitrogen and oxygen atoms in total. The molecule has 7 heteroatoms. The number of aromatic nitrogens is 2. The second-order valence-electron chi connectivity index (χ2n) is 5.74. The molecule has 0 unspecified atom stereocenters. The van der Waals surface area contributed by atoms with Crippen LogP contribution in [-0.2, 0) is 11.2 Å². The number of thiophene rings is 1. The Morgan fingerprint density at radius 3 is 2.58 bits per heavy atom. The summed E-state index contributed by atoms with van der Waals surface area (Å²) in [6, 6.07) is 13.3. The highest BCUT2D eigenvalue weighted by atomic mass is 35.5. The van der Waals surface area contributed by atoms with Crippen LogP contribution >= 0.6 is 22.9 Å². The molecule has 0 bridgehead atoms.